The minimum absolute atomic E-state index is 0.00115. The van der Waals surface area contributed by atoms with E-state index in [2.05, 4.69) is 25.0 Å². The van der Waals surface area contributed by atoms with Gasteiger partial charge in [0.25, 0.3) is 0 Å². The van der Waals surface area contributed by atoms with E-state index in [-0.39, 0.29) is 17.5 Å². The largest absolute Gasteiger partial charge is 0.388 e. The maximum atomic E-state index is 12.6. The Kier molecular flexibility index (Phi) is 6.56. The molecule has 2 aromatic rings. The molecular formula is C21H29NO2Si. The van der Waals surface area contributed by atoms with Crippen LogP contribution in [0.2, 0.25) is 25.2 Å². The van der Waals surface area contributed by atoms with E-state index in [0.29, 0.717) is 6.42 Å². The summed E-state index contributed by atoms with van der Waals surface area (Å²) in [5.41, 5.74) is 1.95. The molecule has 0 saturated carbocycles. The van der Waals surface area contributed by atoms with Crippen LogP contribution in [-0.4, -0.2) is 19.1 Å². The number of aliphatic hydroxyl groups excluding tert-OH is 1. The standard InChI is InChI=1S/C21H29NO2Si/c1-16(17-11-7-5-8-12-17)22-20(23)15-19(25(2,3)4)21(24)18-13-9-6-10-14-18/h5-14,16,19,21,24H,15H2,1-4H3,(H,22,23). The molecule has 134 valence electrons. The highest BCUT2D eigenvalue weighted by molar-refractivity contribution is 6.77. The van der Waals surface area contributed by atoms with Crippen LogP contribution in [0.15, 0.2) is 60.7 Å². The zero-order chi connectivity index (χ0) is 18.4. The molecule has 0 aliphatic heterocycles. The van der Waals surface area contributed by atoms with E-state index in [1.165, 1.54) is 0 Å². The summed E-state index contributed by atoms with van der Waals surface area (Å²) in [4.78, 5) is 12.6. The molecule has 0 heterocycles. The number of carbonyl (C=O) groups excluding carboxylic acids is 1. The summed E-state index contributed by atoms with van der Waals surface area (Å²) in [6.07, 6.45) is -0.256. The van der Waals surface area contributed by atoms with Crippen LogP contribution in [0.3, 0.4) is 0 Å². The van der Waals surface area contributed by atoms with Gasteiger partial charge in [0.2, 0.25) is 5.91 Å². The lowest BCUT2D eigenvalue weighted by Gasteiger charge is -2.33. The lowest BCUT2D eigenvalue weighted by atomic mass is 10.0. The van der Waals surface area contributed by atoms with Gasteiger partial charge >= 0.3 is 0 Å². The van der Waals surface area contributed by atoms with Crippen LogP contribution in [0.25, 0.3) is 0 Å². The lowest BCUT2D eigenvalue weighted by molar-refractivity contribution is -0.122. The van der Waals surface area contributed by atoms with Crippen LogP contribution < -0.4 is 5.32 Å². The predicted octanol–water partition coefficient (Wildman–Crippen LogP) is 4.70. The molecule has 0 saturated heterocycles. The maximum absolute atomic E-state index is 12.6. The summed E-state index contributed by atoms with van der Waals surface area (Å²) in [5, 5.41) is 13.9. The molecule has 2 rings (SSSR count). The normalized spacial score (nSPS) is 15.2. The van der Waals surface area contributed by atoms with Crippen LogP contribution in [0.1, 0.15) is 36.6 Å². The predicted molar refractivity (Wildman–Crippen MR) is 106 cm³/mol. The Hall–Kier alpha value is -1.91. The molecule has 25 heavy (non-hydrogen) atoms. The van der Waals surface area contributed by atoms with Crippen molar-refractivity contribution in [2.75, 3.05) is 0 Å². The summed E-state index contributed by atoms with van der Waals surface area (Å²) in [5.74, 6) is -0.00115. The van der Waals surface area contributed by atoms with Crippen LogP contribution in [-0.2, 0) is 4.79 Å². The van der Waals surface area contributed by atoms with Gasteiger partial charge in [-0.25, -0.2) is 0 Å². The van der Waals surface area contributed by atoms with E-state index >= 15 is 0 Å². The van der Waals surface area contributed by atoms with Crippen molar-refractivity contribution in [3.63, 3.8) is 0 Å². The summed E-state index contributed by atoms with van der Waals surface area (Å²) < 4.78 is 0. The minimum atomic E-state index is -1.74. The van der Waals surface area contributed by atoms with Gasteiger partial charge in [-0.1, -0.05) is 80.3 Å². The van der Waals surface area contributed by atoms with Gasteiger partial charge in [0.15, 0.2) is 0 Å². The van der Waals surface area contributed by atoms with Crippen molar-refractivity contribution < 1.29 is 9.90 Å². The van der Waals surface area contributed by atoms with E-state index in [1.54, 1.807) is 0 Å². The number of hydrogen-bond donors (Lipinski definition) is 2. The second-order valence-corrected chi connectivity index (χ2v) is 13.2. The zero-order valence-electron chi connectivity index (χ0n) is 15.6. The molecule has 2 N–H and O–H groups in total. The molecule has 0 aliphatic rings. The molecule has 0 fully saturated rings. The summed E-state index contributed by atoms with van der Waals surface area (Å²) >= 11 is 0. The molecule has 0 bridgehead atoms. The first kappa shape index (κ1) is 19.4. The van der Waals surface area contributed by atoms with E-state index in [1.807, 2.05) is 67.6 Å². The van der Waals surface area contributed by atoms with Crippen molar-refractivity contribution in [2.45, 2.75) is 50.7 Å². The van der Waals surface area contributed by atoms with Crippen LogP contribution >= 0.6 is 0 Å². The quantitative estimate of drug-likeness (QED) is 0.708. The molecule has 1 amide bonds. The van der Waals surface area contributed by atoms with E-state index in [9.17, 15) is 9.90 Å². The maximum Gasteiger partial charge on any atom is 0.220 e. The topological polar surface area (TPSA) is 49.3 Å². The van der Waals surface area contributed by atoms with Crippen LogP contribution in [0.4, 0.5) is 0 Å². The molecule has 3 unspecified atom stereocenters. The van der Waals surface area contributed by atoms with Crippen molar-refractivity contribution in [3.8, 4) is 0 Å². The van der Waals surface area contributed by atoms with Crippen molar-refractivity contribution in [2.24, 2.45) is 0 Å². The summed E-state index contributed by atoms with van der Waals surface area (Å²) in [7, 11) is -1.74. The Morgan fingerprint density at radius 1 is 0.960 bits per heavy atom. The number of carbonyl (C=O) groups is 1. The van der Waals surface area contributed by atoms with Gasteiger partial charge in [-0.2, -0.15) is 0 Å². The van der Waals surface area contributed by atoms with E-state index in [4.69, 9.17) is 0 Å². The highest BCUT2D eigenvalue weighted by atomic mass is 28.3. The monoisotopic (exact) mass is 355 g/mol. The Balaban J connectivity index is 2.08. The SMILES string of the molecule is CC(NC(=O)CC(C(O)c1ccccc1)[Si](C)(C)C)c1ccccc1. The molecule has 0 spiro atoms. The molecule has 0 aliphatic carbocycles. The number of benzene rings is 2. The molecule has 2 aromatic carbocycles. The number of aliphatic hydroxyl groups is 1. The third kappa shape index (κ3) is 5.55. The Bertz CT molecular complexity index is 667. The third-order valence-corrected chi connectivity index (χ3v) is 7.46. The molecular weight excluding hydrogens is 326 g/mol. The highest BCUT2D eigenvalue weighted by Crippen LogP contribution is 2.38. The fourth-order valence-electron chi connectivity index (χ4n) is 3.10. The van der Waals surface area contributed by atoms with E-state index < -0.39 is 14.2 Å². The van der Waals surface area contributed by atoms with Gasteiger partial charge in [0.1, 0.15) is 0 Å². The fourth-order valence-corrected chi connectivity index (χ4v) is 5.04. The zero-order valence-corrected chi connectivity index (χ0v) is 16.6. The molecule has 3 atom stereocenters. The average molecular weight is 356 g/mol. The van der Waals surface area contributed by atoms with E-state index in [0.717, 1.165) is 11.1 Å². The van der Waals surface area contributed by atoms with Crippen LogP contribution in [0, 0.1) is 0 Å². The highest BCUT2D eigenvalue weighted by Gasteiger charge is 2.35. The third-order valence-electron chi connectivity index (χ3n) is 4.72. The average Bonchev–Trinajstić information content (AvgIpc) is 2.59. The second kappa shape index (κ2) is 8.45. The van der Waals surface area contributed by atoms with Crippen LogP contribution in [0.5, 0.6) is 0 Å². The van der Waals surface area contributed by atoms with Gasteiger partial charge in [0, 0.05) is 6.42 Å². The van der Waals surface area contributed by atoms with Gasteiger partial charge in [0.05, 0.1) is 20.2 Å². The first-order valence-electron chi connectivity index (χ1n) is 8.86. The molecule has 4 heteroatoms. The van der Waals surface area contributed by atoms with Gasteiger partial charge in [-0.3, -0.25) is 4.79 Å². The lowest BCUT2D eigenvalue weighted by Crippen LogP contribution is -2.37. The number of hydrogen-bond acceptors (Lipinski definition) is 2. The van der Waals surface area contributed by atoms with Gasteiger partial charge < -0.3 is 10.4 Å². The minimum Gasteiger partial charge on any atom is -0.388 e. The van der Waals surface area contributed by atoms with Gasteiger partial charge in [-0.05, 0) is 23.6 Å². The van der Waals surface area contributed by atoms with Gasteiger partial charge in [-0.15, -0.1) is 0 Å². The smallest absolute Gasteiger partial charge is 0.220 e. The summed E-state index contributed by atoms with van der Waals surface area (Å²) in [6, 6.07) is 19.6. The second-order valence-electron chi connectivity index (χ2n) is 7.73. The number of nitrogens with one attached hydrogen (secondary N) is 1. The van der Waals surface area contributed by atoms with Crippen molar-refractivity contribution in [1.29, 1.82) is 0 Å². The van der Waals surface area contributed by atoms with Crippen molar-refractivity contribution in [3.05, 3.63) is 71.8 Å². The molecule has 0 aromatic heterocycles. The number of amides is 1. The Morgan fingerprint density at radius 2 is 1.44 bits per heavy atom. The van der Waals surface area contributed by atoms with Crippen molar-refractivity contribution in [1.82, 2.24) is 5.32 Å². The fraction of sp³-hybridized carbons (Fsp3) is 0.381. The first-order valence-corrected chi connectivity index (χ1v) is 12.4. The molecule has 0 radical (unpaired) electrons. The van der Waals surface area contributed by atoms with Crippen molar-refractivity contribution >= 4 is 14.0 Å². The molecule has 3 nitrogen and oxygen atoms in total. The Morgan fingerprint density at radius 3 is 1.92 bits per heavy atom. The first-order chi connectivity index (χ1) is 11.8. The number of rotatable bonds is 7. The Labute approximate surface area is 152 Å². The summed E-state index contributed by atoms with van der Waals surface area (Å²) in [6.45, 7) is 8.61.